The van der Waals surface area contributed by atoms with Crippen molar-refractivity contribution in [3.63, 3.8) is 0 Å². The molecule has 5 heteroatoms. The maximum Gasteiger partial charge on any atom is 0.265 e. The summed E-state index contributed by atoms with van der Waals surface area (Å²) in [4.78, 5) is 14.6. The summed E-state index contributed by atoms with van der Waals surface area (Å²) in [6.07, 6.45) is 0.592. The molecule has 0 bridgehead atoms. The van der Waals surface area contributed by atoms with Gasteiger partial charge >= 0.3 is 0 Å². The van der Waals surface area contributed by atoms with Crippen LogP contribution >= 0.6 is 11.3 Å². The molecule has 1 aromatic rings. The second-order valence-electron chi connectivity index (χ2n) is 3.63. The van der Waals surface area contributed by atoms with Crippen molar-refractivity contribution < 1.29 is 9.90 Å². The van der Waals surface area contributed by atoms with Crippen LogP contribution in [0.25, 0.3) is 0 Å². The van der Waals surface area contributed by atoms with Gasteiger partial charge in [0.1, 0.15) is 4.88 Å². The molecule has 0 atom stereocenters. The number of carbonyl (C=O) groups excluding carboxylic acids is 1. The molecule has 0 aliphatic carbocycles. The Morgan fingerprint density at radius 1 is 1.61 bits per heavy atom. The highest BCUT2D eigenvalue weighted by atomic mass is 32.1. The van der Waals surface area contributed by atoms with Crippen LogP contribution in [0.2, 0.25) is 0 Å². The summed E-state index contributed by atoms with van der Waals surface area (Å²) in [5, 5.41) is 10.7. The molecule has 1 rings (SSSR count). The lowest BCUT2D eigenvalue weighted by atomic mass is 10.2. The van der Waals surface area contributed by atoms with Crippen LogP contribution in [0.5, 0.6) is 0 Å². The molecule has 0 saturated heterocycles. The van der Waals surface area contributed by atoms with E-state index in [-0.39, 0.29) is 19.1 Å². The van der Waals surface area contributed by atoms with Crippen LogP contribution < -0.4 is 5.73 Å². The Kier molecular flexibility index (Phi) is 6.44. The van der Waals surface area contributed by atoms with E-state index in [9.17, 15) is 4.79 Å². The number of nitrogens with two attached hydrogens (primary N) is 1. The highest BCUT2D eigenvalue weighted by molar-refractivity contribution is 7.12. The lowest BCUT2D eigenvalue weighted by molar-refractivity contribution is 0.0759. The van der Waals surface area contributed by atoms with Gasteiger partial charge in [-0.25, -0.2) is 0 Å². The van der Waals surface area contributed by atoms with Crippen molar-refractivity contribution >= 4 is 17.2 Å². The molecular formula is C13H18N2O2S. The molecule has 3 N–H and O–H groups in total. The Morgan fingerprint density at radius 2 is 2.39 bits per heavy atom. The zero-order valence-corrected chi connectivity index (χ0v) is 11.3. The SMILES string of the molecule is CCN(CCCO)C(=O)c1sccc1C#CCN. The van der Waals surface area contributed by atoms with E-state index in [0.29, 0.717) is 24.4 Å². The number of hydrogen-bond acceptors (Lipinski definition) is 4. The number of aliphatic hydroxyl groups excluding tert-OH is 1. The van der Waals surface area contributed by atoms with Gasteiger partial charge in [-0.3, -0.25) is 4.79 Å². The average Bonchev–Trinajstić information content (AvgIpc) is 2.85. The standard InChI is InChI=1S/C13H18N2O2S/c1-2-15(8-4-9-16)13(17)12-11(5-3-7-14)6-10-18-12/h6,10,16H,2,4,7-9,14H2,1H3. The van der Waals surface area contributed by atoms with Crippen LogP contribution in [0.1, 0.15) is 28.6 Å². The minimum atomic E-state index is -0.0257. The van der Waals surface area contributed by atoms with E-state index in [1.165, 1.54) is 11.3 Å². The van der Waals surface area contributed by atoms with Crippen molar-refractivity contribution in [1.29, 1.82) is 0 Å². The zero-order chi connectivity index (χ0) is 13.4. The minimum absolute atomic E-state index is 0.0257. The number of aliphatic hydroxyl groups is 1. The summed E-state index contributed by atoms with van der Waals surface area (Å²) in [5.74, 6) is 5.64. The Bertz CT molecular complexity index is 445. The molecule has 0 aliphatic rings. The molecule has 0 spiro atoms. The summed E-state index contributed by atoms with van der Waals surface area (Å²) in [6.45, 7) is 3.49. The fraction of sp³-hybridized carbons (Fsp3) is 0.462. The van der Waals surface area contributed by atoms with Gasteiger partial charge in [0.2, 0.25) is 0 Å². The van der Waals surface area contributed by atoms with E-state index in [4.69, 9.17) is 10.8 Å². The summed E-state index contributed by atoms with van der Waals surface area (Å²) >= 11 is 1.39. The van der Waals surface area contributed by atoms with Crippen molar-refractivity contribution in [2.24, 2.45) is 5.73 Å². The Morgan fingerprint density at radius 3 is 3.00 bits per heavy atom. The van der Waals surface area contributed by atoms with Crippen LogP contribution in [0.4, 0.5) is 0 Å². The number of amides is 1. The van der Waals surface area contributed by atoms with Crippen molar-refractivity contribution in [3.8, 4) is 11.8 Å². The molecule has 0 aliphatic heterocycles. The van der Waals surface area contributed by atoms with Crippen molar-refractivity contribution in [3.05, 3.63) is 21.9 Å². The Hall–Kier alpha value is -1.35. The first-order valence-corrected chi connectivity index (χ1v) is 6.79. The first-order valence-electron chi connectivity index (χ1n) is 5.91. The zero-order valence-electron chi connectivity index (χ0n) is 10.5. The number of rotatable bonds is 5. The van der Waals surface area contributed by atoms with Gasteiger partial charge in [0.25, 0.3) is 5.91 Å². The van der Waals surface area contributed by atoms with Gasteiger partial charge in [-0.15, -0.1) is 11.3 Å². The molecule has 98 valence electrons. The van der Waals surface area contributed by atoms with E-state index >= 15 is 0 Å². The molecule has 1 aromatic heterocycles. The fourth-order valence-corrected chi connectivity index (χ4v) is 2.34. The third kappa shape index (κ3) is 3.84. The average molecular weight is 266 g/mol. The highest BCUT2D eigenvalue weighted by Crippen LogP contribution is 2.18. The molecule has 0 fully saturated rings. The van der Waals surface area contributed by atoms with Gasteiger partial charge in [-0.1, -0.05) is 11.8 Å². The number of hydrogen-bond donors (Lipinski definition) is 2. The van der Waals surface area contributed by atoms with E-state index in [1.807, 2.05) is 18.4 Å². The maximum absolute atomic E-state index is 12.3. The maximum atomic E-state index is 12.3. The predicted molar refractivity (Wildman–Crippen MR) is 73.5 cm³/mol. The summed E-state index contributed by atoms with van der Waals surface area (Å²) < 4.78 is 0. The van der Waals surface area contributed by atoms with E-state index in [2.05, 4.69) is 11.8 Å². The normalized spacial score (nSPS) is 9.72. The van der Waals surface area contributed by atoms with Gasteiger partial charge in [0, 0.05) is 25.3 Å². The van der Waals surface area contributed by atoms with E-state index in [1.54, 1.807) is 4.90 Å². The largest absolute Gasteiger partial charge is 0.396 e. The van der Waals surface area contributed by atoms with Gasteiger partial charge in [0.15, 0.2) is 0 Å². The monoisotopic (exact) mass is 266 g/mol. The van der Waals surface area contributed by atoms with Gasteiger partial charge in [-0.05, 0) is 24.8 Å². The summed E-state index contributed by atoms with van der Waals surface area (Å²) in [7, 11) is 0. The van der Waals surface area contributed by atoms with Crippen LogP contribution in [-0.4, -0.2) is 42.2 Å². The van der Waals surface area contributed by atoms with E-state index < -0.39 is 0 Å². The van der Waals surface area contributed by atoms with Gasteiger partial charge in [0.05, 0.1) is 6.54 Å². The molecular weight excluding hydrogens is 248 g/mol. The smallest absolute Gasteiger partial charge is 0.265 e. The number of thiophene rings is 1. The van der Waals surface area contributed by atoms with Crippen molar-refractivity contribution in [2.45, 2.75) is 13.3 Å². The van der Waals surface area contributed by atoms with Crippen LogP contribution in [0.15, 0.2) is 11.4 Å². The van der Waals surface area contributed by atoms with Crippen LogP contribution in [0, 0.1) is 11.8 Å². The number of carbonyl (C=O) groups is 1. The molecule has 4 nitrogen and oxygen atoms in total. The van der Waals surface area contributed by atoms with Gasteiger partial charge < -0.3 is 15.7 Å². The first-order chi connectivity index (χ1) is 8.74. The highest BCUT2D eigenvalue weighted by Gasteiger charge is 2.17. The quantitative estimate of drug-likeness (QED) is 0.778. The summed E-state index contributed by atoms with van der Waals surface area (Å²) in [6, 6.07) is 1.83. The molecule has 0 saturated carbocycles. The molecule has 18 heavy (non-hydrogen) atoms. The molecule has 1 heterocycles. The lowest BCUT2D eigenvalue weighted by Gasteiger charge is -2.19. The third-order valence-electron chi connectivity index (χ3n) is 2.44. The molecule has 0 radical (unpaired) electrons. The number of nitrogens with zero attached hydrogens (tertiary/aromatic N) is 1. The van der Waals surface area contributed by atoms with E-state index in [0.717, 1.165) is 5.56 Å². The van der Waals surface area contributed by atoms with Crippen molar-refractivity contribution in [1.82, 2.24) is 4.90 Å². The Balaban J connectivity index is 2.84. The van der Waals surface area contributed by atoms with Crippen LogP contribution in [-0.2, 0) is 0 Å². The Labute approximate surface area is 111 Å². The first kappa shape index (κ1) is 14.7. The minimum Gasteiger partial charge on any atom is -0.396 e. The van der Waals surface area contributed by atoms with Crippen LogP contribution in [0.3, 0.4) is 0 Å². The summed E-state index contributed by atoms with van der Waals surface area (Å²) in [5.41, 5.74) is 6.06. The fourth-order valence-electron chi connectivity index (χ4n) is 1.53. The second-order valence-corrected chi connectivity index (χ2v) is 4.55. The van der Waals surface area contributed by atoms with Crippen molar-refractivity contribution in [2.75, 3.05) is 26.2 Å². The molecule has 0 aromatic carbocycles. The second kappa shape index (κ2) is 7.88. The molecule has 1 amide bonds. The lowest BCUT2D eigenvalue weighted by Crippen LogP contribution is -2.32. The predicted octanol–water partition coefficient (Wildman–Crippen LogP) is 0.903. The third-order valence-corrected chi connectivity index (χ3v) is 3.34. The molecule has 0 unspecified atom stereocenters. The van der Waals surface area contributed by atoms with Gasteiger partial charge in [-0.2, -0.15) is 0 Å². The topological polar surface area (TPSA) is 66.6 Å².